The van der Waals surface area contributed by atoms with Crippen molar-refractivity contribution in [2.75, 3.05) is 14.2 Å². The maximum atomic E-state index is 13.0. The molecule has 0 heterocycles. The molecule has 1 unspecified atom stereocenters. The van der Waals surface area contributed by atoms with Crippen LogP contribution in [0, 0.1) is 0 Å². The minimum absolute atomic E-state index is 0.170. The number of benzene rings is 2. The van der Waals surface area contributed by atoms with Crippen molar-refractivity contribution in [2.45, 2.75) is 24.3 Å². The summed E-state index contributed by atoms with van der Waals surface area (Å²) in [6, 6.07) is 13.7. The van der Waals surface area contributed by atoms with E-state index in [4.69, 9.17) is 16.3 Å². The van der Waals surface area contributed by atoms with E-state index < -0.39 is 11.5 Å². The molecule has 1 saturated carbocycles. The molecule has 0 spiro atoms. The lowest BCUT2D eigenvalue weighted by Crippen LogP contribution is -2.43. The molecule has 2 N–H and O–H groups in total. The molecule has 2 amide bonds. The van der Waals surface area contributed by atoms with E-state index >= 15 is 0 Å². The van der Waals surface area contributed by atoms with Gasteiger partial charge in [-0.2, -0.15) is 0 Å². The number of methoxy groups -OCH3 is 1. The van der Waals surface area contributed by atoms with Crippen molar-refractivity contribution in [1.82, 2.24) is 10.6 Å². The molecule has 3 rings (SSSR count). The molecule has 0 bridgehead atoms. The first-order valence-corrected chi connectivity index (χ1v) is 8.81. The molecular formula is C20H21ClN2O3. The van der Waals surface area contributed by atoms with Gasteiger partial charge in [0.1, 0.15) is 11.8 Å². The molecule has 1 aliphatic carbocycles. The molecule has 0 saturated heterocycles. The number of likely N-dealkylation sites (N-methyl/N-ethyl adjacent to an activating group) is 1. The zero-order valence-corrected chi connectivity index (χ0v) is 15.5. The predicted molar refractivity (Wildman–Crippen MR) is 100 cm³/mol. The minimum atomic E-state index is -0.836. The fourth-order valence-electron chi connectivity index (χ4n) is 3.09. The number of hydrogen-bond acceptors (Lipinski definition) is 3. The third-order valence-electron chi connectivity index (χ3n) is 4.83. The van der Waals surface area contributed by atoms with E-state index in [0.717, 1.165) is 24.2 Å². The van der Waals surface area contributed by atoms with Crippen LogP contribution in [0.3, 0.4) is 0 Å². The number of hydrogen-bond donors (Lipinski definition) is 2. The van der Waals surface area contributed by atoms with E-state index in [1.54, 1.807) is 31.4 Å². The molecule has 26 heavy (non-hydrogen) atoms. The van der Waals surface area contributed by atoms with Crippen LogP contribution < -0.4 is 15.4 Å². The molecule has 0 aliphatic heterocycles. The van der Waals surface area contributed by atoms with Gasteiger partial charge < -0.3 is 15.4 Å². The summed E-state index contributed by atoms with van der Waals surface area (Å²) in [6.45, 7) is 0. The highest BCUT2D eigenvalue weighted by molar-refractivity contribution is 6.31. The second kappa shape index (κ2) is 7.38. The van der Waals surface area contributed by atoms with Gasteiger partial charge in [-0.1, -0.05) is 41.9 Å². The van der Waals surface area contributed by atoms with Crippen LogP contribution in [-0.2, 0) is 15.0 Å². The molecule has 5 nitrogen and oxygen atoms in total. The average molecular weight is 373 g/mol. The zero-order chi connectivity index (χ0) is 18.7. The molecule has 0 aromatic heterocycles. The molecule has 1 atom stereocenters. The summed E-state index contributed by atoms with van der Waals surface area (Å²) in [5, 5.41) is 5.92. The molecule has 1 fully saturated rings. The lowest BCUT2D eigenvalue weighted by atomic mass is 9.94. The van der Waals surface area contributed by atoms with Crippen molar-refractivity contribution >= 4 is 23.4 Å². The Labute approximate surface area is 157 Å². The SMILES string of the molecule is CNC(=O)C(NC(=O)C1(c2ccc(OC)cc2)CC1)c1ccccc1Cl. The molecule has 0 radical (unpaired) electrons. The first-order chi connectivity index (χ1) is 12.5. The van der Waals surface area contributed by atoms with Crippen LogP contribution in [0.5, 0.6) is 5.75 Å². The second-order valence-electron chi connectivity index (χ2n) is 6.35. The normalized spacial score (nSPS) is 15.7. The van der Waals surface area contributed by atoms with E-state index in [0.29, 0.717) is 10.6 Å². The molecule has 136 valence electrons. The number of carbonyl (C=O) groups is 2. The van der Waals surface area contributed by atoms with Crippen molar-refractivity contribution in [3.05, 3.63) is 64.7 Å². The Morgan fingerprint density at radius 3 is 2.31 bits per heavy atom. The maximum absolute atomic E-state index is 13.0. The highest BCUT2D eigenvalue weighted by Gasteiger charge is 2.52. The fraction of sp³-hybridized carbons (Fsp3) is 0.300. The Morgan fingerprint density at radius 2 is 1.77 bits per heavy atom. The largest absolute Gasteiger partial charge is 0.497 e. The van der Waals surface area contributed by atoms with Gasteiger partial charge in [-0.15, -0.1) is 0 Å². The highest BCUT2D eigenvalue weighted by Crippen LogP contribution is 2.49. The van der Waals surface area contributed by atoms with Crippen molar-refractivity contribution in [1.29, 1.82) is 0 Å². The van der Waals surface area contributed by atoms with Crippen molar-refractivity contribution in [3.63, 3.8) is 0 Å². The van der Waals surface area contributed by atoms with E-state index in [-0.39, 0.29) is 11.8 Å². The first kappa shape index (κ1) is 18.3. The van der Waals surface area contributed by atoms with Crippen LogP contribution in [-0.4, -0.2) is 26.0 Å². The second-order valence-corrected chi connectivity index (χ2v) is 6.76. The fourth-order valence-corrected chi connectivity index (χ4v) is 3.33. The third kappa shape index (κ3) is 3.40. The smallest absolute Gasteiger partial charge is 0.247 e. The highest BCUT2D eigenvalue weighted by atomic mass is 35.5. The number of nitrogens with one attached hydrogen (secondary N) is 2. The summed E-state index contributed by atoms with van der Waals surface area (Å²) >= 11 is 6.24. The summed E-state index contributed by atoms with van der Waals surface area (Å²) in [6.07, 6.45) is 1.49. The zero-order valence-electron chi connectivity index (χ0n) is 14.7. The number of ether oxygens (including phenoxy) is 1. The van der Waals surface area contributed by atoms with Crippen LogP contribution in [0.25, 0.3) is 0 Å². The standard InChI is InChI=1S/C20H21ClN2O3/c1-22-18(24)17(15-5-3-4-6-16(15)21)23-19(25)20(11-12-20)13-7-9-14(26-2)10-8-13/h3-10,17H,11-12H2,1-2H3,(H,22,24)(H,23,25). The first-order valence-electron chi connectivity index (χ1n) is 8.43. The van der Waals surface area contributed by atoms with Crippen LogP contribution in [0.2, 0.25) is 5.02 Å². The van der Waals surface area contributed by atoms with Gasteiger partial charge in [-0.3, -0.25) is 9.59 Å². The van der Waals surface area contributed by atoms with Gasteiger partial charge in [0.05, 0.1) is 12.5 Å². The van der Waals surface area contributed by atoms with Crippen LogP contribution in [0.15, 0.2) is 48.5 Å². The monoisotopic (exact) mass is 372 g/mol. The van der Waals surface area contributed by atoms with Crippen molar-refractivity contribution in [2.24, 2.45) is 0 Å². The molecule has 2 aromatic rings. The number of carbonyl (C=O) groups excluding carboxylic acids is 2. The maximum Gasteiger partial charge on any atom is 0.247 e. The summed E-state index contributed by atoms with van der Waals surface area (Å²) in [5.74, 6) is 0.262. The topological polar surface area (TPSA) is 67.4 Å². The summed E-state index contributed by atoms with van der Waals surface area (Å²) in [4.78, 5) is 25.4. The Balaban J connectivity index is 1.86. The van der Waals surface area contributed by atoms with Gasteiger partial charge in [-0.05, 0) is 36.6 Å². The lowest BCUT2D eigenvalue weighted by molar-refractivity contribution is -0.130. The number of halogens is 1. The Morgan fingerprint density at radius 1 is 1.12 bits per heavy atom. The van der Waals surface area contributed by atoms with Crippen LogP contribution in [0.1, 0.15) is 30.0 Å². The predicted octanol–water partition coefficient (Wildman–Crippen LogP) is 2.98. The van der Waals surface area contributed by atoms with Gasteiger partial charge >= 0.3 is 0 Å². The van der Waals surface area contributed by atoms with Crippen molar-refractivity contribution in [3.8, 4) is 5.75 Å². The van der Waals surface area contributed by atoms with Gasteiger partial charge in [0.25, 0.3) is 0 Å². The van der Waals surface area contributed by atoms with E-state index in [1.807, 2.05) is 24.3 Å². The summed E-state index contributed by atoms with van der Waals surface area (Å²) in [7, 11) is 3.14. The quantitative estimate of drug-likeness (QED) is 0.819. The average Bonchev–Trinajstić information content (AvgIpc) is 3.48. The van der Waals surface area contributed by atoms with E-state index in [2.05, 4.69) is 10.6 Å². The van der Waals surface area contributed by atoms with Gasteiger partial charge in [0, 0.05) is 17.6 Å². The molecule has 6 heteroatoms. The Bertz CT molecular complexity index is 816. The van der Waals surface area contributed by atoms with E-state index in [9.17, 15) is 9.59 Å². The van der Waals surface area contributed by atoms with Crippen molar-refractivity contribution < 1.29 is 14.3 Å². The lowest BCUT2D eigenvalue weighted by Gasteiger charge is -2.23. The molecular weight excluding hydrogens is 352 g/mol. The summed E-state index contributed by atoms with van der Waals surface area (Å²) in [5.41, 5.74) is 0.901. The molecule has 1 aliphatic rings. The molecule has 2 aromatic carbocycles. The van der Waals surface area contributed by atoms with Gasteiger partial charge in [0.15, 0.2) is 0 Å². The third-order valence-corrected chi connectivity index (χ3v) is 5.17. The number of rotatable bonds is 6. The van der Waals surface area contributed by atoms with Gasteiger partial charge in [0.2, 0.25) is 11.8 Å². The number of amides is 2. The van der Waals surface area contributed by atoms with E-state index in [1.165, 1.54) is 7.05 Å². The van der Waals surface area contributed by atoms with Crippen LogP contribution in [0.4, 0.5) is 0 Å². The minimum Gasteiger partial charge on any atom is -0.497 e. The van der Waals surface area contributed by atoms with Crippen LogP contribution >= 0.6 is 11.6 Å². The Hall–Kier alpha value is -2.53. The summed E-state index contributed by atoms with van der Waals surface area (Å²) < 4.78 is 5.18. The van der Waals surface area contributed by atoms with Gasteiger partial charge in [-0.25, -0.2) is 0 Å². The Kier molecular flexibility index (Phi) is 5.18.